The Hall–Kier alpha value is -2.59. The van der Waals surface area contributed by atoms with Crippen molar-refractivity contribution >= 4 is 9.84 Å². The Morgan fingerprint density at radius 3 is 2.36 bits per heavy atom. The minimum atomic E-state index is -3.94. The van der Waals surface area contributed by atoms with E-state index in [1.165, 1.54) is 26.0 Å². The third-order valence-electron chi connectivity index (χ3n) is 4.55. The van der Waals surface area contributed by atoms with Gasteiger partial charge < -0.3 is 14.0 Å². The second-order valence-electron chi connectivity index (χ2n) is 7.50. The van der Waals surface area contributed by atoms with Crippen molar-refractivity contribution < 1.29 is 26.9 Å². The molecule has 0 spiro atoms. The van der Waals surface area contributed by atoms with Crippen molar-refractivity contribution in [3.05, 3.63) is 47.7 Å². The van der Waals surface area contributed by atoms with E-state index in [0.29, 0.717) is 5.69 Å². The fourth-order valence-corrected chi connectivity index (χ4v) is 3.76. The molecule has 0 bridgehead atoms. The lowest BCUT2D eigenvalue weighted by Crippen LogP contribution is -2.29. The predicted molar refractivity (Wildman–Crippen MR) is 96.5 cm³/mol. The molecule has 0 aliphatic carbocycles. The highest BCUT2D eigenvalue weighted by molar-refractivity contribution is 7.92. The molecule has 0 radical (unpaired) electrons. The number of aliphatic hydroxyl groups excluding tert-OH is 1. The highest BCUT2D eigenvalue weighted by Crippen LogP contribution is 2.36. The van der Waals surface area contributed by atoms with Crippen LogP contribution in [0.5, 0.6) is 0 Å². The normalized spacial score (nSPS) is 13.1. The summed E-state index contributed by atoms with van der Waals surface area (Å²) in [6, 6.07) is 6.06. The van der Waals surface area contributed by atoms with Gasteiger partial charge in [0, 0.05) is 11.5 Å². The molecular formula is C18H20FN3O5S. The Kier molecular flexibility index (Phi) is 4.88. The highest BCUT2D eigenvalue weighted by atomic mass is 32.2. The van der Waals surface area contributed by atoms with Crippen LogP contribution in [-0.4, -0.2) is 35.5 Å². The van der Waals surface area contributed by atoms with E-state index in [1.807, 2.05) is 0 Å². The average molecular weight is 409 g/mol. The molecule has 1 aromatic carbocycles. The largest absolute Gasteiger partial charge is 0.416 e. The molecule has 3 rings (SSSR count). The van der Waals surface area contributed by atoms with Crippen LogP contribution in [0.1, 0.15) is 39.3 Å². The van der Waals surface area contributed by atoms with E-state index in [4.69, 9.17) is 8.94 Å². The molecule has 28 heavy (non-hydrogen) atoms. The Morgan fingerprint density at radius 2 is 1.75 bits per heavy atom. The maximum absolute atomic E-state index is 13.1. The third kappa shape index (κ3) is 3.33. The van der Waals surface area contributed by atoms with E-state index in [9.17, 15) is 17.9 Å². The average Bonchev–Trinajstić information content (AvgIpc) is 3.31. The van der Waals surface area contributed by atoms with Gasteiger partial charge in [0.2, 0.25) is 11.7 Å². The van der Waals surface area contributed by atoms with Gasteiger partial charge >= 0.3 is 0 Å². The first kappa shape index (κ1) is 20.2. The molecule has 1 N–H and O–H groups in total. The van der Waals surface area contributed by atoms with Crippen molar-refractivity contribution in [2.24, 2.45) is 0 Å². The van der Waals surface area contributed by atoms with Gasteiger partial charge in [-0.3, -0.25) is 0 Å². The van der Waals surface area contributed by atoms with Crippen LogP contribution < -0.4 is 0 Å². The number of aliphatic hydroxyl groups is 1. The summed E-state index contributed by atoms with van der Waals surface area (Å²) < 4.78 is 48.3. The minimum Gasteiger partial charge on any atom is -0.416 e. The second kappa shape index (κ2) is 6.78. The van der Waals surface area contributed by atoms with Gasteiger partial charge in [0.15, 0.2) is 9.84 Å². The van der Waals surface area contributed by atoms with Crippen LogP contribution in [0.2, 0.25) is 0 Å². The van der Waals surface area contributed by atoms with E-state index in [0.717, 1.165) is 12.1 Å². The Bertz CT molecular complexity index is 1080. The van der Waals surface area contributed by atoms with Crippen molar-refractivity contribution in [1.29, 1.82) is 0 Å². The summed E-state index contributed by atoms with van der Waals surface area (Å²) in [6.45, 7) is 6.27. The van der Waals surface area contributed by atoms with Gasteiger partial charge in [0.1, 0.15) is 10.6 Å². The standard InChI is InChI=1S/C18H20FN3O5S/c1-17(2,10-23)14-9-13(27-22-14)15-20-21-16(26-15)18(3,4)28(24,25)12-7-5-11(19)6-8-12/h5-9,23H,10H2,1-4H3. The number of hydrogen-bond acceptors (Lipinski definition) is 8. The first-order valence-corrected chi connectivity index (χ1v) is 9.90. The number of halogens is 1. The SMILES string of the molecule is CC(C)(CO)c1cc(-c2nnc(C(C)(C)S(=O)(=O)c3ccc(F)cc3)o2)on1. The molecule has 0 saturated carbocycles. The maximum Gasteiger partial charge on any atom is 0.286 e. The van der Waals surface area contributed by atoms with Crippen LogP contribution in [0.15, 0.2) is 44.2 Å². The summed E-state index contributed by atoms with van der Waals surface area (Å²) in [4.78, 5) is -0.0645. The van der Waals surface area contributed by atoms with Crippen molar-refractivity contribution in [3.8, 4) is 11.7 Å². The van der Waals surface area contributed by atoms with Crippen LogP contribution in [0, 0.1) is 5.82 Å². The van der Waals surface area contributed by atoms with Crippen molar-refractivity contribution in [2.75, 3.05) is 6.61 Å². The summed E-state index contributed by atoms with van der Waals surface area (Å²) in [5.41, 5.74) is -0.140. The molecule has 8 nitrogen and oxygen atoms in total. The summed E-state index contributed by atoms with van der Waals surface area (Å²) in [6.07, 6.45) is 0. The number of sulfone groups is 1. The second-order valence-corrected chi connectivity index (χ2v) is 10.00. The molecule has 10 heteroatoms. The Morgan fingerprint density at radius 1 is 1.11 bits per heavy atom. The van der Waals surface area contributed by atoms with Crippen LogP contribution >= 0.6 is 0 Å². The zero-order valence-corrected chi connectivity index (χ0v) is 16.6. The van der Waals surface area contributed by atoms with Crippen LogP contribution in [0.3, 0.4) is 0 Å². The number of rotatable bonds is 6. The van der Waals surface area contributed by atoms with Gasteiger partial charge in [-0.2, -0.15) is 0 Å². The summed E-state index contributed by atoms with van der Waals surface area (Å²) in [7, 11) is -3.94. The minimum absolute atomic E-state index is 0.0372. The zero-order chi connectivity index (χ0) is 20.7. The van der Waals surface area contributed by atoms with Crippen LogP contribution in [-0.2, 0) is 20.0 Å². The summed E-state index contributed by atoms with van der Waals surface area (Å²) in [5.74, 6) is -0.565. The highest BCUT2D eigenvalue weighted by Gasteiger charge is 2.42. The van der Waals surface area contributed by atoms with Crippen LogP contribution in [0.25, 0.3) is 11.7 Å². The molecular weight excluding hydrogens is 389 g/mol. The zero-order valence-electron chi connectivity index (χ0n) is 15.8. The molecule has 3 aromatic rings. The van der Waals surface area contributed by atoms with Gasteiger partial charge in [-0.1, -0.05) is 19.0 Å². The number of hydrogen-bond donors (Lipinski definition) is 1. The smallest absolute Gasteiger partial charge is 0.286 e. The van der Waals surface area contributed by atoms with Crippen molar-refractivity contribution in [2.45, 2.75) is 42.8 Å². The Labute approximate surface area is 161 Å². The quantitative estimate of drug-likeness (QED) is 0.617. The number of benzene rings is 1. The first-order chi connectivity index (χ1) is 13.0. The van der Waals surface area contributed by atoms with Gasteiger partial charge in [-0.15, -0.1) is 10.2 Å². The maximum atomic E-state index is 13.1. The molecule has 0 unspecified atom stereocenters. The van der Waals surface area contributed by atoms with Gasteiger partial charge in [0.05, 0.1) is 17.2 Å². The van der Waals surface area contributed by atoms with E-state index in [1.54, 1.807) is 19.9 Å². The molecule has 2 heterocycles. The fraction of sp³-hybridized carbons (Fsp3) is 0.389. The van der Waals surface area contributed by atoms with Gasteiger partial charge in [-0.05, 0) is 38.1 Å². The third-order valence-corrected chi connectivity index (χ3v) is 6.96. The fourth-order valence-electron chi connectivity index (χ4n) is 2.37. The van der Waals surface area contributed by atoms with E-state index >= 15 is 0 Å². The van der Waals surface area contributed by atoms with E-state index in [-0.39, 0.29) is 29.0 Å². The molecule has 0 aliphatic heterocycles. The monoisotopic (exact) mass is 409 g/mol. The van der Waals surface area contributed by atoms with Crippen LogP contribution in [0.4, 0.5) is 4.39 Å². The Balaban J connectivity index is 1.95. The van der Waals surface area contributed by atoms with Gasteiger partial charge in [-0.25, -0.2) is 12.8 Å². The number of aromatic nitrogens is 3. The molecule has 0 amide bonds. The molecule has 2 aromatic heterocycles. The predicted octanol–water partition coefficient (Wildman–Crippen LogP) is 2.84. The molecule has 0 atom stereocenters. The topological polar surface area (TPSA) is 119 Å². The lowest BCUT2D eigenvalue weighted by atomic mass is 9.90. The van der Waals surface area contributed by atoms with Crippen molar-refractivity contribution in [1.82, 2.24) is 15.4 Å². The molecule has 0 fully saturated rings. The summed E-state index contributed by atoms with van der Waals surface area (Å²) >= 11 is 0. The van der Waals surface area contributed by atoms with E-state index in [2.05, 4.69) is 15.4 Å². The van der Waals surface area contributed by atoms with Gasteiger partial charge in [0.25, 0.3) is 5.89 Å². The number of nitrogens with zero attached hydrogens (tertiary/aromatic N) is 3. The lowest BCUT2D eigenvalue weighted by Gasteiger charge is -2.20. The first-order valence-electron chi connectivity index (χ1n) is 8.41. The van der Waals surface area contributed by atoms with E-state index < -0.39 is 25.8 Å². The molecule has 0 aliphatic rings. The molecule has 150 valence electrons. The van der Waals surface area contributed by atoms with Crippen molar-refractivity contribution in [3.63, 3.8) is 0 Å². The lowest BCUT2D eigenvalue weighted by molar-refractivity contribution is 0.210. The molecule has 0 saturated heterocycles. The summed E-state index contributed by atoms with van der Waals surface area (Å²) in [5, 5.41) is 21.0.